The molecule has 0 fully saturated rings. The van der Waals surface area contributed by atoms with Gasteiger partial charge in [-0.1, -0.05) is 37.0 Å². The maximum atomic E-state index is 13.7. The van der Waals surface area contributed by atoms with Crippen LogP contribution in [0.5, 0.6) is 0 Å². The van der Waals surface area contributed by atoms with Crippen molar-refractivity contribution in [1.82, 2.24) is 0 Å². The number of hydrogen-bond acceptors (Lipinski definition) is 0. The highest BCUT2D eigenvalue weighted by molar-refractivity contribution is 6.35. The summed E-state index contributed by atoms with van der Waals surface area (Å²) in [6, 6.07) is 0. The van der Waals surface area contributed by atoms with Gasteiger partial charge in [0.1, 0.15) is 5.82 Å². The van der Waals surface area contributed by atoms with Gasteiger partial charge in [-0.3, -0.25) is 0 Å². The van der Waals surface area contributed by atoms with Gasteiger partial charge in [0.25, 0.3) is 0 Å². The van der Waals surface area contributed by atoms with Crippen LogP contribution in [0.3, 0.4) is 0 Å². The van der Waals surface area contributed by atoms with E-state index >= 15 is 0 Å². The molecule has 0 aliphatic rings. The van der Waals surface area contributed by atoms with Crippen LogP contribution < -0.4 is 0 Å². The molecule has 78 valence electrons. The largest absolute Gasteiger partial charge is 0.205 e. The van der Waals surface area contributed by atoms with Crippen LogP contribution in [0, 0.1) is 19.7 Å². The molecule has 1 rings (SSSR count). The third-order valence-corrected chi connectivity index (χ3v) is 3.40. The fourth-order valence-electron chi connectivity index (χ4n) is 1.42. The first-order chi connectivity index (χ1) is 6.37. The summed E-state index contributed by atoms with van der Waals surface area (Å²) in [5, 5.41) is 0.690. The minimum Gasteiger partial charge on any atom is -0.205 e. The lowest BCUT2D eigenvalue weighted by molar-refractivity contribution is 0.597. The molecule has 0 bridgehead atoms. The predicted octanol–water partition coefficient (Wildman–Crippen LogP) is 4.87. The van der Waals surface area contributed by atoms with Crippen LogP contribution in [-0.2, 0) is 0 Å². The molecule has 0 aromatic heterocycles. The third kappa shape index (κ3) is 1.76. The van der Waals surface area contributed by atoms with Crippen molar-refractivity contribution < 1.29 is 4.39 Å². The Morgan fingerprint density at radius 3 is 1.86 bits per heavy atom. The molecule has 0 unspecified atom stereocenters. The number of halogens is 3. The number of hydrogen-bond donors (Lipinski definition) is 0. The van der Waals surface area contributed by atoms with E-state index in [-0.39, 0.29) is 16.8 Å². The minimum atomic E-state index is -0.380. The zero-order valence-corrected chi connectivity index (χ0v) is 10.2. The molecule has 0 aliphatic heterocycles. The van der Waals surface area contributed by atoms with Gasteiger partial charge in [0.15, 0.2) is 0 Å². The number of rotatable bonds is 1. The van der Waals surface area contributed by atoms with E-state index in [0.29, 0.717) is 10.6 Å². The van der Waals surface area contributed by atoms with E-state index in [1.165, 1.54) is 0 Å². The monoisotopic (exact) mass is 234 g/mol. The van der Waals surface area contributed by atoms with Gasteiger partial charge in [-0.2, -0.15) is 0 Å². The maximum absolute atomic E-state index is 13.7. The molecule has 14 heavy (non-hydrogen) atoms. The highest BCUT2D eigenvalue weighted by Gasteiger charge is 2.19. The van der Waals surface area contributed by atoms with Crippen molar-refractivity contribution in [2.45, 2.75) is 33.6 Å². The Balaban J connectivity index is 3.60. The lowest BCUT2D eigenvalue weighted by atomic mass is 9.97. The lowest BCUT2D eigenvalue weighted by Gasteiger charge is -2.15. The van der Waals surface area contributed by atoms with Gasteiger partial charge in [-0.05, 0) is 30.9 Å². The summed E-state index contributed by atoms with van der Waals surface area (Å²) in [5.41, 5.74) is 2.10. The average molecular weight is 235 g/mol. The topological polar surface area (TPSA) is 0 Å². The van der Waals surface area contributed by atoms with Crippen molar-refractivity contribution in [2.75, 3.05) is 0 Å². The first kappa shape index (κ1) is 11.8. The van der Waals surface area contributed by atoms with Crippen LogP contribution >= 0.6 is 23.2 Å². The molecule has 0 saturated heterocycles. The predicted molar refractivity (Wildman–Crippen MR) is 60.0 cm³/mol. The second-order valence-corrected chi connectivity index (χ2v) is 4.52. The van der Waals surface area contributed by atoms with Crippen molar-refractivity contribution >= 4 is 23.2 Å². The van der Waals surface area contributed by atoms with Gasteiger partial charge in [0, 0.05) is 5.56 Å². The molecule has 0 aliphatic carbocycles. The average Bonchev–Trinajstić information content (AvgIpc) is 2.11. The van der Waals surface area contributed by atoms with Crippen LogP contribution in [0.4, 0.5) is 4.39 Å². The summed E-state index contributed by atoms with van der Waals surface area (Å²) in [5.74, 6) is -0.339. The maximum Gasteiger partial charge on any atom is 0.147 e. The van der Waals surface area contributed by atoms with Crippen LogP contribution in [-0.4, -0.2) is 0 Å². The van der Waals surface area contributed by atoms with Crippen molar-refractivity contribution in [3.8, 4) is 0 Å². The second kappa shape index (κ2) is 4.08. The Hall–Kier alpha value is -0.270. The Labute approximate surface area is 94.0 Å². The van der Waals surface area contributed by atoms with Gasteiger partial charge in [-0.15, -0.1) is 0 Å². The summed E-state index contributed by atoms with van der Waals surface area (Å²) in [4.78, 5) is 0. The zero-order valence-electron chi connectivity index (χ0n) is 8.71. The molecule has 0 radical (unpaired) electrons. The number of benzene rings is 1. The third-order valence-electron chi connectivity index (χ3n) is 2.46. The van der Waals surface area contributed by atoms with Crippen LogP contribution in [0.15, 0.2) is 0 Å². The molecule has 0 nitrogen and oxygen atoms in total. The molecule has 3 heteroatoms. The Kier molecular flexibility index (Phi) is 3.44. The molecular weight excluding hydrogens is 222 g/mol. The first-order valence-corrected chi connectivity index (χ1v) is 5.27. The smallest absolute Gasteiger partial charge is 0.147 e. The Morgan fingerprint density at radius 1 is 1.00 bits per heavy atom. The fraction of sp³-hybridized carbons (Fsp3) is 0.455. The van der Waals surface area contributed by atoms with Crippen molar-refractivity contribution in [3.63, 3.8) is 0 Å². The van der Waals surface area contributed by atoms with Gasteiger partial charge in [0.05, 0.1) is 10.0 Å². The normalized spacial score (nSPS) is 11.1. The van der Waals surface area contributed by atoms with Crippen LogP contribution in [0.2, 0.25) is 10.0 Å². The molecule has 0 heterocycles. The molecule has 1 aromatic carbocycles. The van der Waals surface area contributed by atoms with E-state index in [4.69, 9.17) is 23.2 Å². The van der Waals surface area contributed by atoms with E-state index in [2.05, 4.69) is 0 Å². The molecular formula is C11H13Cl2F. The Morgan fingerprint density at radius 2 is 1.43 bits per heavy atom. The minimum absolute atomic E-state index is 0.0410. The van der Waals surface area contributed by atoms with Crippen molar-refractivity contribution in [2.24, 2.45) is 0 Å². The summed E-state index contributed by atoms with van der Waals surface area (Å²) in [7, 11) is 0. The summed E-state index contributed by atoms with van der Waals surface area (Å²) < 4.78 is 13.7. The zero-order chi connectivity index (χ0) is 11.0. The van der Waals surface area contributed by atoms with Gasteiger partial charge < -0.3 is 0 Å². The van der Waals surface area contributed by atoms with E-state index < -0.39 is 0 Å². The van der Waals surface area contributed by atoms with Gasteiger partial charge in [-0.25, -0.2) is 4.39 Å². The van der Waals surface area contributed by atoms with E-state index in [1.807, 2.05) is 20.8 Å². The molecule has 0 saturated carbocycles. The van der Waals surface area contributed by atoms with Gasteiger partial charge >= 0.3 is 0 Å². The molecule has 0 amide bonds. The second-order valence-electron chi connectivity index (χ2n) is 3.76. The SMILES string of the molecule is Cc1c(C)c(Cl)c(C(C)C)c(F)c1Cl. The van der Waals surface area contributed by atoms with E-state index in [1.54, 1.807) is 6.92 Å². The van der Waals surface area contributed by atoms with Gasteiger partial charge in [0.2, 0.25) is 0 Å². The van der Waals surface area contributed by atoms with Crippen molar-refractivity contribution in [1.29, 1.82) is 0 Å². The quantitative estimate of drug-likeness (QED) is 0.609. The summed E-state index contributed by atoms with van der Waals surface area (Å²) >= 11 is 11.9. The van der Waals surface area contributed by atoms with E-state index in [9.17, 15) is 4.39 Å². The van der Waals surface area contributed by atoms with Crippen LogP contribution in [0.25, 0.3) is 0 Å². The standard InChI is InChI=1S/C11H13Cl2F/c1-5(2)8-9(12)6(3)7(4)10(13)11(8)14/h5H,1-4H3. The molecule has 1 aromatic rings. The summed E-state index contributed by atoms with van der Waals surface area (Å²) in [6.45, 7) is 7.43. The highest BCUT2D eigenvalue weighted by Crippen LogP contribution is 2.36. The van der Waals surface area contributed by atoms with Crippen molar-refractivity contribution in [3.05, 3.63) is 32.6 Å². The van der Waals surface area contributed by atoms with E-state index in [0.717, 1.165) is 11.1 Å². The summed E-state index contributed by atoms with van der Waals surface area (Å²) in [6.07, 6.45) is 0. The molecule has 0 spiro atoms. The first-order valence-electron chi connectivity index (χ1n) is 4.51. The highest BCUT2D eigenvalue weighted by atomic mass is 35.5. The molecule has 0 N–H and O–H groups in total. The molecule has 0 atom stereocenters. The van der Waals surface area contributed by atoms with Crippen LogP contribution in [0.1, 0.15) is 36.5 Å². The lowest BCUT2D eigenvalue weighted by Crippen LogP contribution is -2.00. The Bertz CT molecular complexity index is 341. The fourth-order valence-corrected chi connectivity index (χ4v) is 2.10.